The fourth-order valence-electron chi connectivity index (χ4n) is 1.89. The van der Waals surface area contributed by atoms with Crippen LogP contribution in [0.5, 0.6) is 0 Å². The number of amides is 2. The number of carboxylic acids is 1. The van der Waals surface area contributed by atoms with Gasteiger partial charge in [0.25, 0.3) is 0 Å². The van der Waals surface area contributed by atoms with Crippen molar-refractivity contribution in [1.29, 1.82) is 0 Å². The predicted molar refractivity (Wildman–Crippen MR) is 68.2 cm³/mol. The SMILES string of the molecule is CCOP(=O)(OCC)C(CN1C(=O)CCC1=O)C(=O)O. The molecule has 1 saturated heterocycles. The number of aliphatic carboxylic acids is 1. The van der Waals surface area contributed by atoms with Gasteiger partial charge in [0.1, 0.15) is 0 Å². The Morgan fingerprint density at radius 1 is 1.25 bits per heavy atom. The van der Waals surface area contributed by atoms with Gasteiger partial charge in [-0.3, -0.25) is 23.8 Å². The molecule has 0 aromatic carbocycles. The number of hydrogen-bond acceptors (Lipinski definition) is 6. The fourth-order valence-corrected chi connectivity index (χ4v) is 3.68. The summed E-state index contributed by atoms with van der Waals surface area (Å²) in [6.45, 7) is 2.61. The van der Waals surface area contributed by atoms with Gasteiger partial charge in [0, 0.05) is 12.8 Å². The summed E-state index contributed by atoms with van der Waals surface area (Å²) in [5.74, 6) is -2.37. The lowest BCUT2D eigenvalue weighted by molar-refractivity contribution is -0.141. The smallest absolute Gasteiger partial charge is 0.346 e. The molecule has 1 fully saturated rings. The summed E-state index contributed by atoms with van der Waals surface area (Å²) in [6, 6.07) is 0. The molecule has 9 heteroatoms. The molecule has 8 nitrogen and oxygen atoms in total. The molecule has 0 aromatic heterocycles. The first-order chi connectivity index (χ1) is 9.35. The molecule has 0 aliphatic carbocycles. The molecule has 1 aliphatic rings. The van der Waals surface area contributed by atoms with Crippen molar-refractivity contribution in [3.8, 4) is 0 Å². The third-order valence-electron chi connectivity index (χ3n) is 2.80. The second-order valence-corrected chi connectivity index (χ2v) is 6.35. The Kier molecular flexibility index (Phi) is 5.86. The van der Waals surface area contributed by atoms with Crippen LogP contribution in [0.2, 0.25) is 0 Å². The molecule has 1 N–H and O–H groups in total. The summed E-state index contributed by atoms with van der Waals surface area (Å²) in [5, 5.41) is 9.21. The molecule has 20 heavy (non-hydrogen) atoms. The Balaban J connectivity index is 2.98. The van der Waals surface area contributed by atoms with E-state index in [0.717, 1.165) is 4.90 Å². The molecule has 0 saturated carbocycles. The Morgan fingerprint density at radius 3 is 2.05 bits per heavy atom. The zero-order valence-electron chi connectivity index (χ0n) is 11.4. The lowest BCUT2D eigenvalue weighted by atomic mass is 10.4. The van der Waals surface area contributed by atoms with E-state index in [1.165, 1.54) is 0 Å². The van der Waals surface area contributed by atoms with Gasteiger partial charge in [-0.1, -0.05) is 0 Å². The van der Waals surface area contributed by atoms with E-state index in [4.69, 9.17) is 9.05 Å². The first-order valence-electron chi connectivity index (χ1n) is 6.30. The van der Waals surface area contributed by atoms with Crippen molar-refractivity contribution in [1.82, 2.24) is 4.90 Å². The molecule has 0 bridgehead atoms. The van der Waals surface area contributed by atoms with Gasteiger partial charge in [0.05, 0.1) is 19.8 Å². The monoisotopic (exact) mass is 307 g/mol. The van der Waals surface area contributed by atoms with Gasteiger partial charge in [0.15, 0.2) is 5.66 Å². The highest BCUT2D eigenvalue weighted by Gasteiger charge is 2.45. The van der Waals surface area contributed by atoms with E-state index in [1.54, 1.807) is 13.8 Å². The average Bonchev–Trinajstić information content (AvgIpc) is 2.66. The van der Waals surface area contributed by atoms with E-state index in [1.807, 2.05) is 0 Å². The second kappa shape index (κ2) is 6.97. The number of nitrogens with zero attached hydrogens (tertiary/aromatic N) is 1. The van der Waals surface area contributed by atoms with E-state index in [2.05, 4.69) is 0 Å². The van der Waals surface area contributed by atoms with Crippen molar-refractivity contribution < 1.29 is 33.1 Å². The molecule has 1 aliphatic heterocycles. The first kappa shape index (κ1) is 16.8. The van der Waals surface area contributed by atoms with Crippen LogP contribution in [-0.2, 0) is 28.0 Å². The maximum atomic E-state index is 12.5. The van der Waals surface area contributed by atoms with Gasteiger partial charge in [-0.15, -0.1) is 0 Å². The highest BCUT2D eigenvalue weighted by atomic mass is 31.2. The van der Waals surface area contributed by atoms with Gasteiger partial charge in [-0.25, -0.2) is 0 Å². The van der Waals surface area contributed by atoms with Crippen molar-refractivity contribution in [3.63, 3.8) is 0 Å². The van der Waals surface area contributed by atoms with Crippen LogP contribution >= 0.6 is 7.60 Å². The van der Waals surface area contributed by atoms with Crippen LogP contribution in [0.15, 0.2) is 0 Å². The molecule has 1 heterocycles. The number of hydrogen-bond donors (Lipinski definition) is 1. The molecule has 1 atom stereocenters. The third-order valence-corrected chi connectivity index (χ3v) is 5.18. The van der Waals surface area contributed by atoms with Gasteiger partial charge >= 0.3 is 13.6 Å². The first-order valence-corrected chi connectivity index (χ1v) is 7.91. The van der Waals surface area contributed by atoms with Crippen molar-refractivity contribution in [2.24, 2.45) is 0 Å². The average molecular weight is 307 g/mol. The number of carbonyl (C=O) groups excluding carboxylic acids is 2. The quantitative estimate of drug-likeness (QED) is 0.523. The predicted octanol–water partition coefficient (Wildman–Crippen LogP) is 0.855. The van der Waals surface area contributed by atoms with Gasteiger partial charge in [-0.2, -0.15) is 0 Å². The van der Waals surface area contributed by atoms with E-state index >= 15 is 0 Å². The highest BCUT2D eigenvalue weighted by molar-refractivity contribution is 7.55. The molecule has 1 unspecified atom stereocenters. The van der Waals surface area contributed by atoms with E-state index in [-0.39, 0.29) is 26.1 Å². The maximum absolute atomic E-state index is 12.5. The van der Waals surface area contributed by atoms with Crippen molar-refractivity contribution in [3.05, 3.63) is 0 Å². The highest BCUT2D eigenvalue weighted by Crippen LogP contribution is 2.53. The molecule has 0 aromatic rings. The Labute approximate surface area is 116 Å². The molecule has 0 spiro atoms. The second-order valence-electron chi connectivity index (χ2n) is 4.13. The number of rotatable bonds is 8. The van der Waals surface area contributed by atoms with Crippen LogP contribution in [0.4, 0.5) is 0 Å². The standard InChI is InChI=1S/C11H18NO7P/c1-3-18-20(17,19-4-2)8(11(15)16)7-12-9(13)5-6-10(12)14/h8H,3-7H2,1-2H3,(H,15,16). The summed E-state index contributed by atoms with van der Waals surface area (Å²) in [5.41, 5.74) is -1.58. The van der Waals surface area contributed by atoms with Crippen LogP contribution < -0.4 is 0 Å². The van der Waals surface area contributed by atoms with E-state index < -0.39 is 37.6 Å². The van der Waals surface area contributed by atoms with Crippen molar-refractivity contribution >= 4 is 25.4 Å². The molecular formula is C11H18NO7P. The van der Waals surface area contributed by atoms with E-state index in [0.29, 0.717) is 0 Å². The number of likely N-dealkylation sites (tertiary alicyclic amines) is 1. The van der Waals surface area contributed by atoms with Crippen LogP contribution in [-0.4, -0.2) is 53.2 Å². The van der Waals surface area contributed by atoms with Gasteiger partial charge in [-0.05, 0) is 13.8 Å². The van der Waals surface area contributed by atoms with Gasteiger partial charge < -0.3 is 14.2 Å². The molecule has 2 amide bonds. The Bertz CT molecular complexity index is 424. The summed E-state index contributed by atoms with van der Waals surface area (Å²) in [6.07, 6.45) is 0.0808. The maximum Gasteiger partial charge on any atom is 0.346 e. The van der Waals surface area contributed by atoms with E-state index in [9.17, 15) is 24.1 Å². The number of carbonyl (C=O) groups is 3. The minimum absolute atomic E-state index is 0.00293. The van der Waals surface area contributed by atoms with Crippen molar-refractivity contribution in [2.75, 3.05) is 19.8 Å². The lowest BCUT2D eigenvalue weighted by Crippen LogP contribution is -2.40. The summed E-state index contributed by atoms with van der Waals surface area (Å²) < 4.78 is 22.4. The zero-order chi connectivity index (χ0) is 15.3. The summed E-state index contributed by atoms with van der Waals surface area (Å²) in [4.78, 5) is 35.2. The van der Waals surface area contributed by atoms with Crippen LogP contribution in [0, 0.1) is 0 Å². The summed E-state index contributed by atoms with van der Waals surface area (Å²) >= 11 is 0. The van der Waals surface area contributed by atoms with Gasteiger partial charge in [0.2, 0.25) is 11.8 Å². The van der Waals surface area contributed by atoms with Crippen LogP contribution in [0.25, 0.3) is 0 Å². The number of carboxylic acid groups (broad SMARTS) is 1. The largest absolute Gasteiger partial charge is 0.481 e. The molecule has 1 rings (SSSR count). The minimum Gasteiger partial charge on any atom is -0.481 e. The fraction of sp³-hybridized carbons (Fsp3) is 0.727. The molecule has 0 radical (unpaired) electrons. The summed E-state index contributed by atoms with van der Waals surface area (Å²) in [7, 11) is -3.94. The molecular weight excluding hydrogens is 289 g/mol. The van der Waals surface area contributed by atoms with Crippen LogP contribution in [0.1, 0.15) is 26.7 Å². The topological polar surface area (TPSA) is 110 Å². The molecule has 114 valence electrons. The Morgan fingerprint density at radius 2 is 1.70 bits per heavy atom. The zero-order valence-corrected chi connectivity index (χ0v) is 12.3. The lowest BCUT2D eigenvalue weighted by Gasteiger charge is -2.26. The Hall–Kier alpha value is -1.24. The van der Waals surface area contributed by atoms with Crippen LogP contribution in [0.3, 0.4) is 0 Å². The number of imide groups is 1. The minimum atomic E-state index is -3.94. The third kappa shape index (κ3) is 3.65. The normalized spacial score (nSPS) is 17.6. The van der Waals surface area contributed by atoms with Crippen molar-refractivity contribution in [2.45, 2.75) is 32.3 Å².